The minimum Gasteiger partial charge on any atom is -0.388 e. The Bertz CT molecular complexity index is 545. The summed E-state index contributed by atoms with van der Waals surface area (Å²) >= 11 is 0. The van der Waals surface area contributed by atoms with Crippen LogP contribution >= 0.6 is 0 Å². The summed E-state index contributed by atoms with van der Waals surface area (Å²) in [5, 5.41) is 13.7. The third kappa shape index (κ3) is 2.53. The molecule has 0 amide bonds. The van der Waals surface area contributed by atoms with Gasteiger partial charge in [0.15, 0.2) is 0 Å². The van der Waals surface area contributed by atoms with Gasteiger partial charge in [0.05, 0.1) is 17.9 Å². The first-order chi connectivity index (χ1) is 8.47. The average Bonchev–Trinajstić information content (AvgIpc) is 2.62. The summed E-state index contributed by atoms with van der Waals surface area (Å²) < 4.78 is 41.1. The number of halogens is 3. The van der Waals surface area contributed by atoms with Crippen molar-refractivity contribution in [2.24, 2.45) is 7.05 Å². The van der Waals surface area contributed by atoms with Crippen LogP contribution in [0.2, 0.25) is 0 Å². The smallest absolute Gasteiger partial charge is 0.134 e. The number of rotatable bonds is 3. The molecule has 0 aliphatic carbocycles. The van der Waals surface area contributed by atoms with Crippen molar-refractivity contribution in [3.05, 3.63) is 53.1 Å². The summed E-state index contributed by atoms with van der Waals surface area (Å²) in [6, 6.07) is 1.09. The van der Waals surface area contributed by atoms with Crippen molar-refractivity contribution < 1.29 is 18.3 Å². The Balaban J connectivity index is 2.26. The number of aliphatic hydroxyl groups is 1. The summed E-state index contributed by atoms with van der Waals surface area (Å²) in [5.74, 6) is -3.20. The predicted octanol–water partition coefficient (Wildman–Crippen LogP) is 2.11. The van der Waals surface area contributed by atoms with Crippen LogP contribution < -0.4 is 0 Å². The second-order valence-corrected chi connectivity index (χ2v) is 4.03. The van der Waals surface area contributed by atoms with E-state index in [1.165, 1.54) is 10.9 Å². The molecule has 0 saturated heterocycles. The van der Waals surface area contributed by atoms with E-state index in [1.54, 1.807) is 13.2 Å². The first kappa shape index (κ1) is 12.6. The lowest BCUT2D eigenvalue weighted by molar-refractivity contribution is 0.168. The molecule has 3 nitrogen and oxygen atoms in total. The van der Waals surface area contributed by atoms with Gasteiger partial charge < -0.3 is 5.11 Å². The van der Waals surface area contributed by atoms with Crippen LogP contribution in [0.5, 0.6) is 0 Å². The van der Waals surface area contributed by atoms with Crippen molar-refractivity contribution >= 4 is 0 Å². The Labute approximate surface area is 101 Å². The fraction of sp³-hybridized carbons (Fsp3) is 0.250. The van der Waals surface area contributed by atoms with Crippen LogP contribution in [0.15, 0.2) is 24.5 Å². The first-order valence-corrected chi connectivity index (χ1v) is 5.27. The topological polar surface area (TPSA) is 38.0 Å². The number of nitrogens with zero attached hydrogens (tertiary/aromatic N) is 2. The molecular formula is C12H11F3N2O. The maximum absolute atomic E-state index is 13.4. The summed E-state index contributed by atoms with van der Waals surface area (Å²) in [7, 11) is 1.69. The molecule has 1 N–H and O–H groups in total. The fourth-order valence-corrected chi connectivity index (χ4v) is 1.77. The van der Waals surface area contributed by atoms with Crippen molar-refractivity contribution in [3.63, 3.8) is 0 Å². The lowest BCUT2D eigenvalue weighted by atomic mass is 10.0. The van der Waals surface area contributed by atoms with Gasteiger partial charge in [-0.15, -0.1) is 0 Å². The molecule has 1 unspecified atom stereocenters. The maximum Gasteiger partial charge on any atom is 0.134 e. The van der Waals surface area contributed by atoms with Crippen molar-refractivity contribution in [1.82, 2.24) is 9.78 Å². The summed E-state index contributed by atoms with van der Waals surface area (Å²) in [6.07, 6.45) is 1.74. The zero-order valence-electron chi connectivity index (χ0n) is 9.57. The number of benzene rings is 1. The van der Waals surface area contributed by atoms with Crippen LogP contribution in [0.3, 0.4) is 0 Å². The lowest BCUT2D eigenvalue weighted by Crippen LogP contribution is -2.07. The molecule has 2 aromatic rings. The molecule has 0 fully saturated rings. The van der Waals surface area contributed by atoms with Crippen molar-refractivity contribution in [3.8, 4) is 0 Å². The number of hydrogen-bond donors (Lipinski definition) is 1. The van der Waals surface area contributed by atoms with Crippen molar-refractivity contribution in [2.75, 3.05) is 0 Å². The Morgan fingerprint density at radius 1 is 1.28 bits per heavy atom. The fourth-order valence-electron chi connectivity index (χ4n) is 1.77. The van der Waals surface area contributed by atoms with Gasteiger partial charge in [-0.25, -0.2) is 13.2 Å². The summed E-state index contributed by atoms with van der Waals surface area (Å²) in [6.45, 7) is 0. The highest BCUT2D eigenvalue weighted by molar-refractivity contribution is 5.24. The molecule has 0 aliphatic rings. The average molecular weight is 256 g/mol. The Morgan fingerprint density at radius 3 is 2.39 bits per heavy atom. The van der Waals surface area contributed by atoms with Crippen molar-refractivity contribution in [2.45, 2.75) is 12.5 Å². The summed E-state index contributed by atoms with van der Waals surface area (Å²) in [5.41, 5.74) is 0.105. The van der Waals surface area contributed by atoms with Gasteiger partial charge in [-0.1, -0.05) is 0 Å². The van der Waals surface area contributed by atoms with Gasteiger partial charge in [0.1, 0.15) is 17.5 Å². The molecule has 2 rings (SSSR count). The normalized spacial score (nSPS) is 12.7. The van der Waals surface area contributed by atoms with E-state index in [9.17, 15) is 18.3 Å². The molecule has 0 bridgehead atoms. The SMILES string of the molecule is Cn1cc(CC(O)c2c(F)cc(F)cc2F)cn1. The summed E-state index contributed by atoms with van der Waals surface area (Å²) in [4.78, 5) is 0. The molecule has 0 saturated carbocycles. The number of aryl methyl sites for hydroxylation is 1. The van der Waals surface area contributed by atoms with Crippen LogP contribution in [0.25, 0.3) is 0 Å². The quantitative estimate of drug-likeness (QED) is 0.913. The number of aliphatic hydroxyl groups excluding tert-OH is 1. The second-order valence-electron chi connectivity index (χ2n) is 4.03. The standard InChI is InChI=1S/C12H11F3N2O/c1-17-6-7(5-16-17)2-11(18)12-9(14)3-8(13)4-10(12)15/h3-6,11,18H,2H2,1H3. The molecule has 0 spiro atoms. The van der Waals surface area contributed by atoms with Gasteiger partial charge in [0.25, 0.3) is 0 Å². The van der Waals surface area contributed by atoms with Crippen molar-refractivity contribution in [1.29, 1.82) is 0 Å². The molecule has 18 heavy (non-hydrogen) atoms. The van der Waals surface area contributed by atoms with Crippen LogP contribution in [0.4, 0.5) is 13.2 Å². The van der Waals surface area contributed by atoms with E-state index in [-0.39, 0.29) is 6.42 Å². The number of hydrogen-bond acceptors (Lipinski definition) is 2. The molecular weight excluding hydrogens is 245 g/mol. The monoisotopic (exact) mass is 256 g/mol. The molecule has 1 aromatic heterocycles. The Kier molecular flexibility index (Phi) is 3.38. The van der Waals surface area contributed by atoms with E-state index < -0.39 is 29.1 Å². The Morgan fingerprint density at radius 2 is 1.89 bits per heavy atom. The highest BCUT2D eigenvalue weighted by Crippen LogP contribution is 2.24. The zero-order chi connectivity index (χ0) is 13.3. The molecule has 0 radical (unpaired) electrons. The van der Waals surface area contributed by atoms with Crippen LogP contribution in [0.1, 0.15) is 17.2 Å². The van der Waals surface area contributed by atoms with E-state index in [0.29, 0.717) is 17.7 Å². The van der Waals surface area contributed by atoms with Gasteiger partial charge in [-0.2, -0.15) is 5.10 Å². The number of aromatic nitrogens is 2. The Hall–Kier alpha value is -1.82. The van der Waals surface area contributed by atoms with Gasteiger partial charge in [0, 0.05) is 31.8 Å². The third-order valence-corrected chi connectivity index (χ3v) is 2.56. The van der Waals surface area contributed by atoms with Crippen LogP contribution in [0, 0.1) is 17.5 Å². The molecule has 1 atom stereocenters. The molecule has 96 valence electrons. The zero-order valence-corrected chi connectivity index (χ0v) is 9.57. The van der Waals surface area contributed by atoms with Gasteiger partial charge in [-0.05, 0) is 5.56 Å². The largest absolute Gasteiger partial charge is 0.388 e. The van der Waals surface area contributed by atoms with Gasteiger partial charge in [-0.3, -0.25) is 4.68 Å². The predicted molar refractivity (Wildman–Crippen MR) is 58.2 cm³/mol. The van der Waals surface area contributed by atoms with Gasteiger partial charge in [0.2, 0.25) is 0 Å². The highest BCUT2D eigenvalue weighted by Gasteiger charge is 2.20. The third-order valence-electron chi connectivity index (χ3n) is 2.56. The molecule has 1 aromatic carbocycles. The highest BCUT2D eigenvalue weighted by atomic mass is 19.1. The van der Waals surface area contributed by atoms with Gasteiger partial charge >= 0.3 is 0 Å². The molecule has 1 heterocycles. The van der Waals surface area contributed by atoms with Crippen LogP contribution in [-0.2, 0) is 13.5 Å². The maximum atomic E-state index is 13.4. The molecule has 6 heteroatoms. The van der Waals surface area contributed by atoms with E-state index in [1.807, 2.05) is 0 Å². The van der Waals surface area contributed by atoms with E-state index in [4.69, 9.17) is 0 Å². The lowest BCUT2D eigenvalue weighted by Gasteiger charge is -2.12. The molecule has 0 aliphatic heterocycles. The second kappa shape index (κ2) is 4.81. The first-order valence-electron chi connectivity index (χ1n) is 5.27. The minimum absolute atomic E-state index is 0.00725. The van der Waals surface area contributed by atoms with E-state index in [0.717, 1.165) is 0 Å². The van der Waals surface area contributed by atoms with Crippen LogP contribution in [-0.4, -0.2) is 14.9 Å². The minimum atomic E-state index is -1.38. The van der Waals surface area contributed by atoms with E-state index >= 15 is 0 Å². The van der Waals surface area contributed by atoms with E-state index in [2.05, 4.69) is 5.10 Å².